The van der Waals surface area contributed by atoms with Gasteiger partial charge in [-0.05, 0) is 55.9 Å². The third-order valence-corrected chi connectivity index (χ3v) is 6.56. The largest absolute Gasteiger partial charge is 0.378 e. The van der Waals surface area contributed by atoms with E-state index in [1.54, 1.807) is 24.5 Å². The van der Waals surface area contributed by atoms with E-state index >= 15 is 0 Å². The number of nitrogens with one attached hydrogen (secondary N) is 2. The van der Waals surface area contributed by atoms with Crippen LogP contribution in [0.25, 0.3) is 11.4 Å². The van der Waals surface area contributed by atoms with Crippen LogP contribution in [-0.4, -0.2) is 89.9 Å². The summed E-state index contributed by atoms with van der Waals surface area (Å²) < 4.78 is 5.53. The second kappa shape index (κ2) is 11.9. The number of anilines is 4. The minimum Gasteiger partial charge on any atom is -0.378 e. The van der Waals surface area contributed by atoms with Crippen molar-refractivity contribution in [3.8, 4) is 11.4 Å². The summed E-state index contributed by atoms with van der Waals surface area (Å²) in [6.45, 7) is 9.96. The van der Waals surface area contributed by atoms with Gasteiger partial charge in [0.05, 0.1) is 13.2 Å². The number of benzene rings is 1. The van der Waals surface area contributed by atoms with Gasteiger partial charge in [-0.3, -0.25) is 4.98 Å². The van der Waals surface area contributed by atoms with Gasteiger partial charge in [0.15, 0.2) is 5.82 Å². The minimum absolute atomic E-state index is 0.321. The molecule has 1 aromatic carbocycles. The molecule has 0 saturated carbocycles. The third-order valence-electron chi connectivity index (χ3n) is 6.56. The molecule has 2 N–H and O–H groups in total. The monoisotopic (exact) mass is 503 g/mol. The summed E-state index contributed by atoms with van der Waals surface area (Å²) in [5.74, 6) is 2.01. The van der Waals surface area contributed by atoms with E-state index in [4.69, 9.17) is 19.7 Å². The number of likely N-dealkylation sites (N-methyl/N-ethyl adjacent to an activating group) is 1. The Morgan fingerprint density at radius 2 is 1.46 bits per heavy atom. The van der Waals surface area contributed by atoms with Crippen molar-refractivity contribution >= 4 is 29.3 Å². The number of hydrogen-bond donors (Lipinski definition) is 2. The molecular weight excluding hydrogens is 470 g/mol. The van der Waals surface area contributed by atoms with Crippen LogP contribution >= 0.6 is 0 Å². The summed E-state index contributed by atoms with van der Waals surface area (Å²) in [4.78, 5) is 37.8. The molecule has 0 unspecified atom stereocenters. The summed E-state index contributed by atoms with van der Waals surface area (Å²) >= 11 is 0. The van der Waals surface area contributed by atoms with Gasteiger partial charge in [0.1, 0.15) is 0 Å². The molecule has 3 aromatic rings. The average Bonchev–Trinajstić information content (AvgIpc) is 3.20. The average molecular weight is 504 g/mol. The smallest absolute Gasteiger partial charge is 0.323 e. The lowest BCUT2D eigenvalue weighted by Gasteiger charge is -2.28. The normalized spacial score (nSPS) is 16.8. The Hall–Kier alpha value is -3.83. The highest BCUT2D eigenvalue weighted by molar-refractivity contribution is 5.99. The predicted molar refractivity (Wildman–Crippen MR) is 144 cm³/mol. The van der Waals surface area contributed by atoms with Crippen LogP contribution in [0.1, 0.15) is 13.3 Å². The lowest BCUT2D eigenvalue weighted by molar-refractivity contribution is 0.122. The first kappa shape index (κ1) is 24.8. The molecule has 11 heteroatoms. The number of ether oxygens (including phenoxy) is 1. The van der Waals surface area contributed by atoms with E-state index in [1.807, 2.05) is 24.3 Å². The fraction of sp³-hybridized carbons (Fsp3) is 0.423. The molecule has 0 radical (unpaired) electrons. The van der Waals surface area contributed by atoms with Crippen molar-refractivity contribution in [2.24, 2.45) is 0 Å². The molecule has 0 spiro atoms. The molecule has 0 bridgehead atoms. The van der Waals surface area contributed by atoms with Crippen molar-refractivity contribution in [2.45, 2.75) is 13.3 Å². The van der Waals surface area contributed by atoms with Gasteiger partial charge >= 0.3 is 6.03 Å². The first-order valence-electron chi connectivity index (χ1n) is 12.8. The maximum Gasteiger partial charge on any atom is 0.323 e. The zero-order chi connectivity index (χ0) is 25.5. The third kappa shape index (κ3) is 6.49. The van der Waals surface area contributed by atoms with Gasteiger partial charge in [0.2, 0.25) is 11.9 Å². The van der Waals surface area contributed by atoms with Crippen molar-refractivity contribution in [2.75, 3.05) is 79.5 Å². The molecule has 0 atom stereocenters. The second-order valence-electron chi connectivity index (χ2n) is 9.03. The first-order valence-corrected chi connectivity index (χ1v) is 12.8. The van der Waals surface area contributed by atoms with Crippen LogP contribution in [0, 0.1) is 0 Å². The van der Waals surface area contributed by atoms with Crippen molar-refractivity contribution < 1.29 is 9.53 Å². The summed E-state index contributed by atoms with van der Waals surface area (Å²) in [6, 6.07) is 10.7. The Balaban J connectivity index is 1.36. The number of amides is 2. The van der Waals surface area contributed by atoms with E-state index in [1.165, 1.54) is 0 Å². The Morgan fingerprint density at radius 1 is 0.811 bits per heavy atom. The van der Waals surface area contributed by atoms with Crippen LogP contribution < -0.4 is 20.4 Å². The zero-order valence-corrected chi connectivity index (χ0v) is 21.1. The number of carbonyl (C=O) groups is 1. The standard InChI is InChI=1S/C26H33N9O2/c1-2-33-12-3-13-34(15-14-33)24-30-23(31-25(32-24)35-16-18-37-19-17-35)20-4-6-21(7-5-20)28-26(36)29-22-8-10-27-11-9-22/h4-11H,2-3,12-19H2,1H3,(H2,27,28,29,36). The van der Waals surface area contributed by atoms with Crippen molar-refractivity contribution in [1.82, 2.24) is 24.8 Å². The number of rotatable bonds is 6. The molecule has 2 saturated heterocycles. The highest BCUT2D eigenvalue weighted by Crippen LogP contribution is 2.24. The Labute approximate surface area is 216 Å². The number of aromatic nitrogens is 4. The fourth-order valence-electron chi connectivity index (χ4n) is 4.45. The molecule has 11 nitrogen and oxygen atoms in total. The van der Waals surface area contributed by atoms with Crippen LogP contribution in [0.15, 0.2) is 48.8 Å². The van der Waals surface area contributed by atoms with Gasteiger partial charge in [-0.15, -0.1) is 0 Å². The van der Waals surface area contributed by atoms with Crippen LogP contribution in [0.3, 0.4) is 0 Å². The lowest BCUT2D eigenvalue weighted by atomic mass is 10.2. The number of pyridine rings is 1. The minimum atomic E-state index is -0.321. The lowest BCUT2D eigenvalue weighted by Crippen LogP contribution is -2.38. The van der Waals surface area contributed by atoms with Gasteiger partial charge < -0.3 is 30.1 Å². The number of nitrogens with zero attached hydrogens (tertiary/aromatic N) is 7. The molecular formula is C26H33N9O2. The number of morpholine rings is 1. The molecule has 0 aliphatic carbocycles. The van der Waals surface area contributed by atoms with Crippen molar-refractivity contribution in [3.63, 3.8) is 0 Å². The quantitative estimate of drug-likeness (QED) is 0.524. The topological polar surface area (TPSA) is 112 Å². The number of urea groups is 1. The molecule has 2 amide bonds. The number of carbonyl (C=O) groups excluding carboxylic acids is 1. The molecule has 2 aromatic heterocycles. The zero-order valence-electron chi connectivity index (χ0n) is 21.1. The summed E-state index contributed by atoms with van der Waals surface area (Å²) in [5, 5.41) is 5.64. The molecule has 2 aliphatic heterocycles. The molecule has 194 valence electrons. The Morgan fingerprint density at radius 3 is 2.14 bits per heavy atom. The van der Waals surface area contributed by atoms with E-state index in [-0.39, 0.29) is 6.03 Å². The van der Waals surface area contributed by atoms with Crippen LogP contribution in [-0.2, 0) is 4.74 Å². The maximum atomic E-state index is 12.3. The molecule has 4 heterocycles. The fourth-order valence-corrected chi connectivity index (χ4v) is 4.45. The summed E-state index contributed by atoms with van der Waals surface area (Å²) in [7, 11) is 0. The van der Waals surface area contributed by atoms with Crippen LogP contribution in [0.5, 0.6) is 0 Å². The highest BCUT2D eigenvalue weighted by Gasteiger charge is 2.22. The molecule has 37 heavy (non-hydrogen) atoms. The summed E-state index contributed by atoms with van der Waals surface area (Å²) in [6.07, 6.45) is 4.33. The molecule has 5 rings (SSSR count). The van der Waals surface area contributed by atoms with Crippen LogP contribution in [0.4, 0.5) is 28.1 Å². The first-order chi connectivity index (χ1) is 18.2. The molecule has 2 fully saturated rings. The van der Waals surface area contributed by atoms with Gasteiger partial charge in [-0.2, -0.15) is 15.0 Å². The maximum absolute atomic E-state index is 12.3. The van der Waals surface area contributed by atoms with E-state index in [0.717, 1.165) is 57.8 Å². The van der Waals surface area contributed by atoms with E-state index in [2.05, 4.69) is 37.2 Å². The second-order valence-corrected chi connectivity index (χ2v) is 9.03. The SMILES string of the molecule is CCN1CCCN(c2nc(-c3ccc(NC(=O)Nc4ccncc4)cc3)nc(N3CCOCC3)n2)CC1. The number of hydrogen-bond acceptors (Lipinski definition) is 9. The van der Waals surface area contributed by atoms with Crippen molar-refractivity contribution in [3.05, 3.63) is 48.8 Å². The van der Waals surface area contributed by atoms with E-state index in [0.29, 0.717) is 42.3 Å². The van der Waals surface area contributed by atoms with Gasteiger partial charge in [-0.25, -0.2) is 4.79 Å². The predicted octanol–water partition coefficient (Wildman–Crippen LogP) is 2.95. The van der Waals surface area contributed by atoms with Gasteiger partial charge in [-0.1, -0.05) is 6.92 Å². The summed E-state index contributed by atoms with van der Waals surface area (Å²) in [5.41, 5.74) is 2.21. The van der Waals surface area contributed by atoms with E-state index < -0.39 is 0 Å². The van der Waals surface area contributed by atoms with Crippen LogP contribution in [0.2, 0.25) is 0 Å². The Kier molecular flexibility index (Phi) is 8.02. The van der Waals surface area contributed by atoms with Gasteiger partial charge in [0, 0.05) is 62.1 Å². The Bertz CT molecular complexity index is 1170. The highest BCUT2D eigenvalue weighted by atomic mass is 16.5. The van der Waals surface area contributed by atoms with Gasteiger partial charge in [0.25, 0.3) is 0 Å². The van der Waals surface area contributed by atoms with Crippen molar-refractivity contribution in [1.29, 1.82) is 0 Å². The molecule has 2 aliphatic rings. The van der Waals surface area contributed by atoms with E-state index in [9.17, 15) is 4.79 Å².